The summed E-state index contributed by atoms with van der Waals surface area (Å²) in [6.45, 7) is 4.48. The molecule has 0 aliphatic carbocycles. The van der Waals surface area contributed by atoms with Gasteiger partial charge in [0.25, 0.3) is 5.91 Å². The fraction of sp³-hybridized carbons (Fsp3) is 0.250. The molecule has 0 radical (unpaired) electrons. The first-order valence-corrected chi connectivity index (χ1v) is 9.03. The number of amides is 2. The molecule has 8 heteroatoms. The number of benzene rings is 2. The van der Waals surface area contributed by atoms with Crippen LogP contribution in [0.15, 0.2) is 42.5 Å². The number of ether oxygens (including phenoxy) is 2. The monoisotopic (exact) mass is 382 g/mol. The van der Waals surface area contributed by atoms with Crippen LogP contribution in [0, 0.1) is 0 Å². The van der Waals surface area contributed by atoms with Gasteiger partial charge in [-0.2, -0.15) is 0 Å². The van der Waals surface area contributed by atoms with Crippen molar-refractivity contribution in [2.45, 2.75) is 13.8 Å². The Morgan fingerprint density at radius 3 is 2.54 bits per heavy atom. The number of aromatic nitrogens is 2. The molecule has 0 saturated carbocycles. The Hall–Kier alpha value is -3.55. The summed E-state index contributed by atoms with van der Waals surface area (Å²) in [5, 5.41) is 5.22. The molecule has 1 aromatic heterocycles. The maximum Gasteiger partial charge on any atom is 0.251 e. The fourth-order valence-electron chi connectivity index (χ4n) is 2.64. The van der Waals surface area contributed by atoms with Crippen molar-refractivity contribution in [1.82, 2.24) is 15.3 Å². The molecule has 2 aromatic carbocycles. The minimum absolute atomic E-state index is 0.187. The van der Waals surface area contributed by atoms with E-state index in [4.69, 9.17) is 9.47 Å². The van der Waals surface area contributed by atoms with E-state index in [9.17, 15) is 9.59 Å². The highest BCUT2D eigenvalue weighted by atomic mass is 16.5. The van der Waals surface area contributed by atoms with Gasteiger partial charge in [-0.3, -0.25) is 14.9 Å². The van der Waals surface area contributed by atoms with Crippen LogP contribution in [-0.2, 0) is 4.79 Å². The lowest BCUT2D eigenvalue weighted by atomic mass is 10.2. The highest BCUT2D eigenvalue weighted by molar-refractivity contribution is 5.99. The molecule has 3 aromatic rings. The molecular weight excluding hydrogens is 360 g/mol. The van der Waals surface area contributed by atoms with Gasteiger partial charge in [0, 0.05) is 5.56 Å². The molecular formula is C20H22N4O4. The van der Waals surface area contributed by atoms with Crippen molar-refractivity contribution in [3.8, 4) is 11.5 Å². The summed E-state index contributed by atoms with van der Waals surface area (Å²) in [5.74, 6) is 0.625. The first kappa shape index (κ1) is 19.2. The molecule has 3 rings (SSSR count). The van der Waals surface area contributed by atoms with E-state index in [1.165, 1.54) is 0 Å². The van der Waals surface area contributed by atoms with Crippen LogP contribution in [0.3, 0.4) is 0 Å². The van der Waals surface area contributed by atoms with Gasteiger partial charge in [0.15, 0.2) is 11.5 Å². The standard InChI is InChI=1S/C20H22N4O4/c1-3-27-16-10-9-13(11-17(16)28-4-2)19(26)21-12-18(25)24-20-22-14-7-5-6-8-15(14)23-20/h5-11H,3-4,12H2,1-2H3,(H,21,26)(H2,22,23,24,25). The van der Waals surface area contributed by atoms with E-state index < -0.39 is 0 Å². The summed E-state index contributed by atoms with van der Waals surface area (Å²) < 4.78 is 11.0. The largest absolute Gasteiger partial charge is 0.490 e. The molecule has 0 fully saturated rings. The lowest BCUT2D eigenvalue weighted by Crippen LogP contribution is -2.33. The zero-order chi connectivity index (χ0) is 19.9. The first-order valence-electron chi connectivity index (χ1n) is 9.03. The number of anilines is 1. The van der Waals surface area contributed by atoms with Gasteiger partial charge in [0.05, 0.1) is 30.8 Å². The highest BCUT2D eigenvalue weighted by Crippen LogP contribution is 2.28. The Morgan fingerprint density at radius 1 is 1.04 bits per heavy atom. The Bertz CT molecular complexity index is 950. The second-order valence-corrected chi connectivity index (χ2v) is 5.86. The van der Waals surface area contributed by atoms with E-state index in [1.807, 2.05) is 38.1 Å². The number of nitrogens with one attached hydrogen (secondary N) is 3. The molecule has 0 saturated heterocycles. The number of para-hydroxylation sites is 2. The van der Waals surface area contributed by atoms with Crippen LogP contribution in [0.1, 0.15) is 24.2 Å². The number of nitrogens with zero attached hydrogens (tertiary/aromatic N) is 1. The average Bonchev–Trinajstić information content (AvgIpc) is 3.10. The van der Waals surface area contributed by atoms with Gasteiger partial charge in [-0.1, -0.05) is 12.1 Å². The van der Waals surface area contributed by atoms with Crippen LogP contribution in [0.2, 0.25) is 0 Å². The quantitative estimate of drug-likeness (QED) is 0.556. The van der Waals surface area contributed by atoms with Crippen LogP contribution in [0.5, 0.6) is 11.5 Å². The third kappa shape index (κ3) is 4.59. The maximum absolute atomic E-state index is 12.4. The van der Waals surface area contributed by atoms with E-state index >= 15 is 0 Å². The lowest BCUT2D eigenvalue weighted by molar-refractivity contribution is -0.115. The molecule has 0 atom stereocenters. The number of fused-ring (bicyclic) bond motifs is 1. The number of rotatable bonds is 8. The van der Waals surface area contributed by atoms with E-state index in [0.717, 1.165) is 11.0 Å². The molecule has 0 spiro atoms. The molecule has 8 nitrogen and oxygen atoms in total. The number of carbonyl (C=O) groups is 2. The lowest BCUT2D eigenvalue weighted by Gasteiger charge is -2.12. The molecule has 28 heavy (non-hydrogen) atoms. The molecule has 0 aliphatic rings. The third-order valence-corrected chi connectivity index (χ3v) is 3.86. The van der Waals surface area contributed by atoms with Crippen LogP contribution in [0.25, 0.3) is 11.0 Å². The Morgan fingerprint density at radius 2 is 1.79 bits per heavy atom. The number of carbonyl (C=O) groups excluding carboxylic acids is 2. The fourth-order valence-corrected chi connectivity index (χ4v) is 2.64. The summed E-state index contributed by atoms with van der Waals surface area (Å²) >= 11 is 0. The topological polar surface area (TPSA) is 105 Å². The van der Waals surface area contributed by atoms with Crippen LogP contribution < -0.4 is 20.1 Å². The normalized spacial score (nSPS) is 10.5. The van der Waals surface area contributed by atoms with Crippen LogP contribution in [-0.4, -0.2) is 41.5 Å². The molecule has 0 bridgehead atoms. The van der Waals surface area contributed by atoms with E-state index in [2.05, 4.69) is 20.6 Å². The van der Waals surface area contributed by atoms with Crippen molar-refractivity contribution in [3.05, 3.63) is 48.0 Å². The van der Waals surface area contributed by atoms with E-state index in [1.54, 1.807) is 18.2 Å². The van der Waals surface area contributed by atoms with Gasteiger partial charge >= 0.3 is 0 Å². The van der Waals surface area contributed by atoms with Crippen molar-refractivity contribution in [2.24, 2.45) is 0 Å². The highest BCUT2D eigenvalue weighted by Gasteiger charge is 2.13. The van der Waals surface area contributed by atoms with Crippen molar-refractivity contribution < 1.29 is 19.1 Å². The number of H-pyrrole nitrogens is 1. The number of imidazole rings is 1. The second-order valence-electron chi connectivity index (χ2n) is 5.86. The summed E-state index contributed by atoms with van der Waals surface area (Å²) in [5.41, 5.74) is 1.95. The summed E-state index contributed by atoms with van der Waals surface area (Å²) in [6, 6.07) is 12.3. The summed E-state index contributed by atoms with van der Waals surface area (Å²) in [6.07, 6.45) is 0. The van der Waals surface area contributed by atoms with Crippen molar-refractivity contribution in [2.75, 3.05) is 25.1 Å². The summed E-state index contributed by atoms with van der Waals surface area (Å²) in [4.78, 5) is 31.7. The van der Waals surface area contributed by atoms with Gasteiger partial charge in [0.1, 0.15) is 0 Å². The Balaban J connectivity index is 1.59. The van der Waals surface area contributed by atoms with Gasteiger partial charge < -0.3 is 19.8 Å². The maximum atomic E-state index is 12.4. The molecule has 3 N–H and O–H groups in total. The van der Waals surface area contributed by atoms with Crippen molar-refractivity contribution in [3.63, 3.8) is 0 Å². The molecule has 0 aliphatic heterocycles. The molecule has 1 heterocycles. The Labute approximate surface area is 162 Å². The average molecular weight is 382 g/mol. The molecule has 0 unspecified atom stereocenters. The predicted octanol–water partition coefficient (Wildman–Crippen LogP) is 2.73. The molecule has 2 amide bonds. The SMILES string of the molecule is CCOc1ccc(C(=O)NCC(=O)Nc2nc3ccccc3[nH]2)cc1OCC. The van der Waals surface area contributed by atoms with Crippen LogP contribution in [0.4, 0.5) is 5.95 Å². The Kier molecular flexibility index (Phi) is 6.11. The molecule has 146 valence electrons. The predicted molar refractivity (Wildman–Crippen MR) is 106 cm³/mol. The minimum Gasteiger partial charge on any atom is -0.490 e. The minimum atomic E-state index is -0.386. The van der Waals surface area contributed by atoms with E-state index in [-0.39, 0.29) is 18.4 Å². The van der Waals surface area contributed by atoms with Gasteiger partial charge in [-0.25, -0.2) is 4.98 Å². The number of hydrogen-bond donors (Lipinski definition) is 3. The van der Waals surface area contributed by atoms with Crippen LogP contribution >= 0.6 is 0 Å². The van der Waals surface area contributed by atoms with Crippen molar-refractivity contribution >= 4 is 28.8 Å². The van der Waals surface area contributed by atoms with Gasteiger partial charge in [0.2, 0.25) is 11.9 Å². The second kappa shape index (κ2) is 8.90. The first-order chi connectivity index (χ1) is 13.6. The summed E-state index contributed by atoms with van der Waals surface area (Å²) in [7, 11) is 0. The zero-order valence-corrected chi connectivity index (χ0v) is 15.7. The number of hydrogen-bond acceptors (Lipinski definition) is 5. The smallest absolute Gasteiger partial charge is 0.251 e. The van der Waals surface area contributed by atoms with E-state index in [0.29, 0.717) is 36.2 Å². The third-order valence-electron chi connectivity index (χ3n) is 3.86. The zero-order valence-electron chi connectivity index (χ0n) is 15.7. The number of aromatic amines is 1. The van der Waals surface area contributed by atoms with Crippen molar-refractivity contribution in [1.29, 1.82) is 0 Å². The van der Waals surface area contributed by atoms with Gasteiger partial charge in [-0.05, 0) is 44.2 Å². The van der Waals surface area contributed by atoms with Gasteiger partial charge in [-0.15, -0.1) is 0 Å².